The number of nitrogens with zero attached hydrogens (tertiary/aromatic N) is 6. The smallest absolute Gasteiger partial charge is 0.335 e. The van der Waals surface area contributed by atoms with Crippen molar-refractivity contribution in [2.75, 3.05) is 35.8 Å². The van der Waals surface area contributed by atoms with E-state index < -0.39 is 186 Å². The van der Waals surface area contributed by atoms with Gasteiger partial charge in [0.05, 0.1) is 31.8 Å². The summed E-state index contributed by atoms with van der Waals surface area (Å²) in [7, 11) is -13.9. The summed E-state index contributed by atoms with van der Waals surface area (Å²) >= 11 is 0. The molecule has 138 heavy (non-hydrogen) atoms. The third kappa shape index (κ3) is 23.8. The number of carbonyl (C=O) groups is 6. The highest BCUT2D eigenvalue weighted by atomic mass is 32.2. The molecule has 3 aliphatic rings. The molecule has 4 N–H and O–H groups in total. The van der Waals surface area contributed by atoms with Crippen molar-refractivity contribution in [2.24, 2.45) is 0 Å². The number of rotatable bonds is 30. The molecule has 23 nitrogen and oxygen atoms in total. The number of sulfonamides is 3. The number of likely N-dealkylation sites (N-methyl/N-ethyl adjacent to an activating group) is 3. The number of hydrogen-bond donors (Lipinski definition) is 4. The standard InChI is InChI=1S/C37H36F5N3O5S.C30H30F5N3O5S.C30H29F5N2O5S/c1-23(44(2)51(48,49)35-33(41)31(39)30(38)32(40)34(35)42)37(47)45(21-24-13-15-27(16-14-24)26-11-7-4-8-12-26)29-19-17-28(18-20-29)36(46)43-50-22-25-9-5-3-6-10-25;1-17(37(2)44(42,43)28-26(34)24(32)23(31)25(33)27(28)35)30(40)38(22-14-12-21(13-15-22)29(39)36-41)16-18-8-10-20(11-9-18)19-6-4-3-5-7-19;1-17(36(2)43(41,42)28-26(34)24(32)23(31)25(33)27(28)35)29(38)37(22-14-12-21(13-15-22)30(39)40)16-18-8-10-20(11-9-18)19-6-4-3-5-7-19/h3,5-6,9-10,13-20,23,26H,4,7-8,11-12,21-22H2,1-2H3,(H,43,46);8-15,17,19,41H,3-7,16H2,1-2H3,(H,36,39);8-15,17,19H,3-7,16H2,1-2H3,(H,39,40)/t23-;2*17-/m111/s1. The Labute approximate surface area is 785 Å². The van der Waals surface area contributed by atoms with Crippen LogP contribution in [0.15, 0.2) is 191 Å². The highest BCUT2D eigenvalue weighted by molar-refractivity contribution is 7.89. The van der Waals surface area contributed by atoms with Gasteiger partial charge >= 0.3 is 5.97 Å². The minimum absolute atomic E-state index is 0.0412. The number of anilines is 3. The summed E-state index contributed by atoms with van der Waals surface area (Å²) in [6.45, 7) is 3.14. The van der Waals surface area contributed by atoms with E-state index in [1.54, 1.807) is 0 Å². The van der Waals surface area contributed by atoms with Crippen LogP contribution in [0.5, 0.6) is 0 Å². The first-order chi connectivity index (χ1) is 65.3. The van der Waals surface area contributed by atoms with Gasteiger partial charge in [-0.2, -0.15) is 12.9 Å². The van der Waals surface area contributed by atoms with E-state index in [2.05, 4.69) is 5.48 Å². The summed E-state index contributed by atoms with van der Waals surface area (Å²) in [6.07, 6.45) is 16.8. The number of halogens is 15. The number of amides is 5. The van der Waals surface area contributed by atoms with Gasteiger partial charge in [-0.15, -0.1) is 0 Å². The van der Waals surface area contributed by atoms with E-state index in [1.807, 2.05) is 103 Å². The summed E-state index contributed by atoms with van der Waals surface area (Å²) in [6, 6.07) is 43.0. The van der Waals surface area contributed by atoms with E-state index >= 15 is 0 Å². The predicted molar refractivity (Wildman–Crippen MR) is 477 cm³/mol. The Balaban J connectivity index is 0.000000199. The normalized spacial score (nSPS) is 14.7. The zero-order valence-corrected chi connectivity index (χ0v) is 77.4. The molecule has 3 atom stereocenters. The predicted octanol–water partition coefficient (Wildman–Crippen LogP) is 19.7. The maximum atomic E-state index is 14.6. The van der Waals surface area contributed by atoms with Crippen LogP contribution in [0.4, 0.5) is 82.9 Å². The zero-order valence-electron chi connectivity index (χ0n) is 74.9. The molecule has 0 aromatic heterocycles. The Hall–Kier alpha value is -12.4. The van der Waals surface area contributed by atoms with Gasteiger partial charge < -0.3 is 19.8 Å². The lowest BCUT2D eigenvalue weighted by molar-refractivity contribution is -0.122. The maximum absolute atomic E-state index is 14.6. The topological polar surface area (TPSA) is 298 Å². The molecule has 13 rings (SSSR count). The molecule has 0 heterocycles. The lowest BCUT2D eigenvalue weighted by atomic mass is 9.84. The van der Waals surface area contributed by atoms with Crippen molar-refractivity contribution >= 4 is 82.6 Å². The van der Waals surface area contributed by atoms with Crippen molar-refractivity contribution in [1.29, 1.82) is 0 Å². The van der Waals surface area contributed by atoms with Crippen LogP contribution in [0, 0.1) is 87.3 Å². The van der Waals surface area contributed by atoms with E-state index in [-0.39, 0.29) is 72.9 Å². The summed E-state index contributed by atoms with van der Waals surface area (Å²) in [4.78, 5) is 80.1. The summed E-state index contributed by atoms with van der Waals surface area (Å²) in [5, 5.41) is 18.2. The number of carbonyl (C=O) groups excluding carboxylic acids is 5. The van der Waals surface area contributed by atoms with Gasteiger partial charge in [-0.25, -0.2) is 107 Å². The molecule has 0 radical (unpaired) electrons. The maximum Gasteiger partial charge on any atom is 0.335 e. The Kier molecular flexibility index (Phi) is 35.3. The first-order valence-corrected chi connectivity index (χ1v) is 47.8. The van der Waals surface area contributed by atoms with Crippen LogP contribution in [0.3, 0.4) is 0 Å². The van der Waals surface area contributed by atoms with E-state index in [9.17, 15) is 125 Å². The Morgan fingerprint density at radius 2 is 0.565 bits per heavy atom. The molecule has 41 heteroatoms. The molecule has 0 aliphatic heterocycles. The van der Waals surface area contributed by atoms with Gasteiger partial charge in [0.25, 0.3) is 11.8 Å². The van der Waals surface area contributed by atoms with Crippen molar-refractivity contribution in [3.63, 3.8) is 0 Å². The van der Waals surface area contributed by atoms with Gasteiger partial charge in [0.2, 0.25) is 65.2 Å². The zero-order chi connectivity index (χ0) is 101. The highest BCUT2D eigenvalue weighted by Gasteiger charge is 2.45. The van der Waals surface area contributed by atoms with Crippen molar-refractivity contribution < 1.29 is 135 Å². The van der Waals surface area contributed by atoms with Crippen LogP contribution < -0.4 is 25.7 Å². The third-order valence-electron chi connectivity index (χ3n) is 24.8. The molecule has 5 amide bonds. The minimum atomic E-state index is -5.44. The van der Waals surface area contributed by atoms with Crippen molar-refractivity contribution in [1.82, 2.24) is 23.9 Å². The lowest BCUT2D eigenvalue weighted by Crippen LogP contribution is -2.48. The summed E-state index contributed by atoms with van der Waals surface area (Å²) < 4.78 is 291. The van der Waals surface area contributed by atoms with Crippen molar-refractivity contribution in [2.45, 2.75) is 194 Å². The second-order valence-corrected chi connectivity index (χ2v) is 39.2. The fourth-order valence-corrected chi connectivity index (χ4v) is 20.6. The third-order valence-corrected chi connectivity index (χ3v) is 30.6. The number of benzene rings is 10. The largest absolute Gasteiger partial charge is 0.478 e. The fraction of sp³-hybridized carbons (Fsp3) is 0.320. The molecule has 3 aliphatic carbocycles. The number of carboxylic acid groups (broad SMARTS) is 1. The van der Waals surface area contributed by atoms with E-state index in [0.29, 0.717) is 34.4 Å². The highest BCUT2D eigenvalue weighted by Crippen LogP contribution is 2.40. The molecular formula is C97H95F15N8O15S3. The number of hydrogen-bond acceptors (Lipinski definition) is 14. The number of nitrogens with one attached hydrogen (secondary N) is 2. The van der Waals surface area contributed by atoms with Gasteiger partial charge in [-0.3, -0.25) is 34.0 Å². The second kappa shape index (κ2) is 45.9. The first kappa shape index (κ1) is 106. The Morgan fingerprint density at radius 1 is 0.326 bits per heavy atom. The van der Waals surface area contributed by atoms with Crippen LogP contribution >= 0.6 is 0 Å². The minimum Gasteiger partial charge on any atom is -0.478 e. The first-order valence-electron chi connectivity index (χ1n) is 43.5. The molecule has 3 fully saturated rings. The van der Waals surface area contributed by atoms with Crippen LogP contribution in [-0.4, -0.2) is 123 Å². The molecule has 0 bridgehead atoms. The molecule has 10 aromatic rings. The number of carboxylic acids is 1. The van der Waals surface area contributed by atoms with Crippen LogP contribution in [0.25, 0.3) is 0 Å². The van der Waals surface area contributed by atoms with Crippen molar-refractivity contribution in [3.8, 4) is 0 Å². The SMILES string of the molecule is C[C@H](C(=O)N(Cc1ccc(C2CCCCC2)cc1)c1ccc(C(=O)NO)cc1)N(C)S(=O)(=O)c1c(F)c(F)c(F)c(F)c1F.C[C@H](C(=O)N(Cc1ccc(C2CCCCC2)cc1)c1ccc(C(=O)NOCc2ccccc2)cc1)N(C)S(=O)(=O)c1c(F)c(F)c(F)c(F)c1F.C[C@H](C(=O)N(Cc1ccc(C2CCCCC2)cc1)c1ccc(C(=O)O)cc1)N(C)S(=O)(=O)c1c(F)c(F)c(F)c(F)c1F. The average Bonchev–Trinajstić information content (AvgIpc) is 0.758. The van der Waals surface area contributed by atoms with Gasteiger partial charge in [0, 0.05) is 49.3 Å². The van der Waals surface area contributed by atoms with Crippen LogP contribution in [-0.2, 0) is 75.5 Å². The Morgan fingerprint density at radius 3 is 0.812 bits per heavy atom. The quantitative estimate of drug-likeness (QED) is 0.0107. The van der Waals surface area contributed by atoms with Crippen LogP contribution in [0.1, 0.15) is 205 Å². The molecule has 0 spiro atoms. The molecule has 3 saturated carbocycles. The molecule has 0 unspecified atom stereocenters. The Bertz CT molecular complexity index is 6390. The summed E-state index contributed by atoms with van der Waals surface area (Å²) in [5.74, 6) is -41.6. The molecule has 0 saturated heterocycles. The molecule has 10 aromatic carbocycles. The molecular weight excluding hydrogens is 1900 g/mol. The number of hydroxylamine groups is 2. The van der Waals surface area contributed by atoms with Gasteiger partial charge in [-0.1, -0.05) is 161 Å². The fourth-order valence-electron chi connectivity index (χ4n) is 16.3. The van der Waals surface area contributed by atoms with Gasteiger partial charge in [0.1, 0.15) is 18.1 Å². The van der Waals surface area contributed by atoms with Gasteiger partial charge in [-0.05, 0) is 189 Å². The van der Waals surface area contributed by atoms with E-state index in [0.717, 1.165) is 151 Å². The summed E-state index contributed by atoms with van der Waals surface area (Å²) in [5.41, 5.74) is 10.8. The lowest BCUT2D eigenvalue weighted by Gasteiger charge is -2.31. The van der Waals surface area contributed by atoms with Gasteiger partial charge in [0.15, 0.2) is 84.5 Å². The monoisotopic (exact) mass is 1990 g/mol. The van der Waals surface area contributed by atoms with E-state index in [1.165, 1.54) is 102 Å². The van der Waals surface area contributed by atoms with Crippen LogP contribution in [0.2, 0.25) is 0 Å². The van der Waals surface area contributed by atoms with Crippen molar-refractivity contribution in [3.05, 3.63) is 319 Å². The molecule has 736 valence electrons. The second-order valence-electron chi connectivity index (χ2n) is 33.4. The average molecular weight is 1990 g/mol. The van der Waals surface area contributed by atoms with E-state index in [4.69, 9.17) is 10.0 Å². The number of aromatic carboxylic acids is 1.